The van der Waals surface area contributed by atoms with E-state index in [0.29, 0.717) is 11.4 Å². The molecule has 5 N–H and O–H groups in total. The van der Waals surface area contributed by atoms with Crippen LogP contribution in [0.25, 0.3) is 0 Å². The molecule has 10 heavy (non-hydrogen) atoms. The van der Waals surface area contributed by atoms with Crippen LogP contribution >= 0.6 is 22.6 Å². The molecule has 54 valence electrons. The lowest BCUT2D eigenvalue weighted by Gasteiger charge is -2.01. The number of aromatic hydroxyl groups is 1. The van der Waals surface area contributed by atoms with Crippen LogP contribution < -0.4 is 11.5 Å². The van der Waals surface area contributed by atoms with Crippen LogP contribution in [0.3, 0.4) is 0 Å². The Morgan fingerprint density at radius 3 is 2.30 bits per heavy atom. The Kier molecular flexibility index (Phi) is 1.89. The van der Waals surface area contributed by atoms with Crippen molar-refractivity contribution in [1.82, 2.24) is 0 Å². The van der Waals surface area contributed by atoms with Crippen molar-refractivity contribution in [3.63, 3.8) is 0 Å². The molecule has 4 heteroatoms. The Bertz CT molecular complexity index is 212. The van der Waals surface area contributed by atoms with Gasteiger partial charge in [-0.1, -0.05) is 0 Å². The van der Waals surface area contributed by atoms with Gasteiger partial charge in [-0.3, -0.25) is 0 Å². The number of nitrogens with two attached hydrogens (primary N) is 2. The molecule has 0 saturated carbocycles. The van der Waals surface area contributed by atoms with Crippen LogP contribution in [0.4, 0.5) is 11.4 Å². The topological polar surface area (TPSA) is 72.3 Å². The van der Waals surface area contributed by atoms with Gasteiger partial charge in [0.2, 0.25) is 0 Å². The summed E-state index contributed by atoms with van der Waals surface area (Å²) >= 11 is 2.03. The van der Waals surface area contributed by atoms with Gasteiger partial charge in [-0.05, 0) is 34.7 Å². The molecule has 0 heterocycles. The van der Waals surface area contributed by atoms with Crippen LogP contribution in [0, 0.1) is 3.57 Å². The number of hydrogen-bond acceptors (Lipinski definition) is 3. The fourth-order valence-corrected chi connectivity index (χ4v) is 1.05. The molecule has 0 aliphatic rings. The second-order valence-corrected chi connectivity index (χ2v) is 3.09. The summed E-state index contributed by atoms with van der Waals surface area (Å²) in [5.41, 5.74) is 11.8. The van der Waals surface area contributed by atoms with Crippen molar-refractivity contribution < 1.29 is 5.11 Å². The monoisotopic (exact) mass is 250 g/mol. The third kappa shape index (κ3) is 1.26. The average Bonchev–Trinajstić information content (AvgIpc) is 1.84. The third-order valence-corrected chi connectivity index (χ3v) is 2.08. The minimum atomic E-state index is 0.0820. The molecular formula is C6H7IN2O. The lowest BCUT2D eigenvalue weighted by molar-refractivity contribution is 0.477. The molecule has 0 unspecified atom stereocenters. The summed E-state index contributed by atoms with van der Waals surface area (Å²) < 4.78 is 0.810. The Morgan fingerprint density at radius 1 is 1.20 bits per heavy atom. The van der Waals surface area contributed by atoms with Crippen LogP contribution in [0.5, 0.6) is 5.75 Å². The molecule has 0 radical (unpaired) electrons. The second kappa shape index (κ2) is 2.53. The van der Waals surface area contributed by atoms with Gasteiger partial charge >= 0.3 is 0 Å². The Balaban J connectivity index is 3.28. The number of halogens is 1. The Hall–Kier alpha value is -0.650. The predicted octanol–water partition coefficient (Wildman–Crippen LogP) is 1.16. The molecule has 0 aliphatic heterocycles. The van der Waals surface area contributed by atoms with Gasteiger partial charge in [0.1, 0.15) is 5.75 Å². The van der Waals surface area contributed by atoms with E-state index in [-0.39, 0.29) is 5.75 Å². The zero-order valence-corrected chi connectivity index (χ0v) is 7.29. The Labute approximate surface area is 72.2 Å². The first-order valence-corrected chi connectivity index (χ1v) is 3.72. The zero-order valence-electron chi connectivity index (χ0n) is 5.13. The first-order chi connectivity index (χ1) is 4.61. The van der Waals surface area contributed by atoms with E-state index in [1.807, 2.05) is 22.6 Å². The van der Waals surface area contributed by atoms with Crippen LogP contribution in [0.2, 0.25) is 0 Å². The van der Waals surface area contributed by atoms with E-state index in [4.69, 9.17) is 16.6 Å². The van der Waals surface area contributed by atoms with Crippen LogP contribution in [-0.2, 0) is 0 Å². The van der Waals surface area contributed by atoms with Gasteiger partial charge < -0.3 is 16.6 Å². The lowest BCUT2D eigenvalue weighted by Crippen LogP contribution is -1.92. The molecule has 0 aliphatic carbocycles. The smallest absolute Gasteiger partial charge is 0.139 e. The van der Waals surface area contributed by atoms with Crippen molar-refractivity contribution in [2.24, 2.45) is 0 Å². The molecule has 0 atom stereocenters. The first-order valence-electron chi connectivity index (χ1n) is 2.64. The molecule has 0 bridgehead atoms. The van der Waals surface area contributed by atoms with E-state index in [0.717, 1.165) is 3.57 Å². The van der Waals surface area contributed by atoms with Gasteiger partial charge in [0.25, 0.3) is 0 Å². The summed E-state index contributed by atoms with van der Waals surface area (Å²) in [6.07, 6.45) is 0. The van der Waals surface area contributed by atoms with Gasteiger partial charge in [0.15, 0.2) is 0 Å². The number of hydrogen-bond donors (Lipinski definition) is 3. The normalized spacial score (nSPS) is 9.70. The summed E-state index contributed by atoms with van der Waals surface area (Å²) in [7, 11) is 0. The summed E-state index contributed by atoms with van der Waals surface area (Å²) in [5.74, 6) is 0.0820. The largest absolute Gasteiger partial charge is 0.506 e. The SMILES string of the molecule is Nc1cc(N)c(I)cc1O. The number of nitrogen functional groups attached to an aromatic ring is 2. The van der Waals surface area contributed by atoms with Crippen molar-refractivity contribution in [2.75, 3.05) is 11.5 Å². The standard InChI is InChI=1S/C6H7IN2O/c7-3-1-6(10)5(9)2-4(3)8/h1-2,10H,8-9H2. The van der Waals surface area contributed by atoms with Gasteiger partial charge in [0.05, 0.1) is 5.69 Å². The van der Waals surface area contributed by atoms with Crippen molar-refractivity contribution in [1.29, 1.82) is 0 Å². The molecular weight excluding hydrogens is 243 g/mol. The third-order valence-electron chi connectivity index (χ3n) is 1.15. The van der Waals surface area contributed by atoms with Crippen molar-refractivity contribution in [2.45, 2.75) is 0 Å². The minimum absolute atomic E-state index is 0.0820. The molecule has 1 aromatic rings. The van der Waals surface area contributed by atoms with E-state index in [2.05, 4.69) is 0 Å². The highest BCUT2D eigenvalue weighted by molar-refractivity contribution is 14.1. The fourth-order valence-electron chi connectivity index (χ4n) is 0.597. The second-order valence-electron chi connectivity index (χ2n) is 1.93. The summed E-state index contributed by atoms with van der Waals surface area (Å²) in [6.45, 7) is 0. The lowest BCUT2D eigenvalue weighted by atomic mass is 10.3. The quantitative estimate of drug-likeness (QED) is 0.280. The van der Waals surface area contributed by atoms with Gasteiger partial charge in [-0.25, -0.2) is 0 Å². The summed E-state index contributed by atoms with van der Waals surface area (Å²) in [4.78, 5) is 0. The van der Waals surface area contributed by atoms with Gasteiger partial charge in [-0.2, -0.15) is 0 Å². The van der Waals surface area contributed by atoms with Crippen molar-refractivity contribution >= 4 is 34.0 Å². The maximum atomic E-state index is 9.04. The molecule has 0 fully saturated rings. The van der Waals surface area contributed by atoms with E-state index < -0.39 is 0 Å². The average molecular weight is 250 g/mol. The van der Waals surface area contributed by atoms with Crippen LogP contribution in [0.15, 0.2) is 12.1 Å². The van der Waals surface area contributed by atoms with E-state index in [1.54, 1.807) is 0 Å². The highest BCUT2D eigenvalue weighted by Gasteiger charge is 2.00. The van der Waals surface area contributed by atoms with E-state index >= 15 is 0 Å². The minimum Gasteiger partial charge on any atom is -0.506 e. The van der Waals surface area contributed by atoms with Crippen molar-refractivity contribution in [3.05, 3.63) is 15.7 Å². The van der Waals surface area contributed by atoms with Crippen LogP contribution in [0.1, 0.15) is 0 Å². The van der Waals surface area contributed by atoms with E-state index in [1.165, 1.54) is 12.1 Å². The first kappa shape index (κ1) is 7.46. The Morgan fingerprint density at radius 2 is 1.80 bits per heavy atom. The highest BCUT2D eigenvalue weighted by atomic mass is 127. The number of benzene rings is 1. The molecule has 0 aromatic heterocycles. The van der Waals surface area contributed by atoms with Crippen molar-refractivity contribution in [3.8, 4) is 5.75 Å². The predicted molar refractivity (Wildman–Crippen MR) is 49.6 cm³/mol. The van der Waals surface area contributed by atoms with E-state index in [9.17, 15) is 0 Å². The molecule has 1 rings (SSSR count). The maximum Gasteiger partial charge on any atom is 0.139 e. The number of phenolic OH excluding ortho intramolecular Hbond substituents is 1. The molecule has 3 nitrogen and oxygen atoms in total. The van der Waals surface area contributed by atoms with Gasteiger partial charge in [0, 0.05) is 9.26 Å². The number of phenols is 1. The highest BCUT2D eigenvalue weighted by Crippen LogP contribution is 2.26. The zero-order chi connectivity index (χ0) is 7.72. The summed E-state index contributed by atoms with van der Waals surface area (Å²) in [5, 5.41) is 9.04. The van der Waals surface area contributed by atoms with Crippen LogP contribution in [-0.4, -0.2) is 5.11 Å². The van der Waals surface area contributed by atoms with Gasteiger partial charge in [-0.15, -0.1) is 0 Å². The molecule has 0 amide bonds. The fraction of sp³-hybridized carbons (Fsp3) is 0. The molecule has 0 saturated heterocycles. The molecule has 1 aromatic carbocycles. The number of rotatable bonds is 0. The summed E-state index contributed by atoms with van der Waals surface area (Å²) in [6, 6.07) is 3.07. The maximum absolute atomic E-state index is 9.04. The number of anilines is 2. The molecule has 0 spiro atoms.